The van der Waals surface area contributed by atoms with Gasteiger partial charge in [-0.1, -0.05) is 12.1 Å². The summed E-state index contributed by atoms with van der Waals surface area (Å²) in [7, 11) is 0. The maximum atomic E-state index is 8.96. The van der Waals surface area contributed by atoms with E-state index >= 15 is 0 Å². The number of aromatic nitrogens is 2. The van der Waals surface area contributed by atoms with E-state index in [0.717, 1.165) is 48.9 Å². The highest BCUT2D eigenvalue weighted by Gasteiger charge is 2.13. The lowest BCUT2D eigenvalue weighted by Crippen LogP contribution is -2.44. The summed E-state index contributed by atoms with van der Waals surface area (Å²) in [4.78, 5) is 11.4. The highest BCUT2D eigenvalue weighted by molar-refractivity contribution is 5.56. The van der Waals surface area contributed by atoms with Crippen LogP contribution in [0, 0.1) is 6.92 Å². The molecule has 1 fully saturated rings. The van der Waals surface area contributed by atoms with Crippen LogP contribution in [0.15, 0.2) is 30.3 Å². The number of rotatable bonds is 5. The lowest BCUT2D eigenvalue weighted by atomic mass is 10.1. The fourth-order valence-electron chi connectivity index (χ4n) is 2.68. The number of nitrogens with one attached hydrogen (secondary N) is 2. The molecule has 23 heavy (non-hydrogen) atoms. The van der Waals surface area contributed by atoms with Crippen molar-refractivity contribution in [2.45, 2.75) is 13.3 Å². The van der Waals surface area contributed by atoms with Crippen LogP contribution in [0.25, 0.3) is 0 Å². The number of benzene rings is 1. The third kappa shape index (κ3) is 4.18. The van der Waals surface area contributed by atoms with Crippen molar-refractivity contribution in [2.75, 3.05) is 43.0 Å². The topological polar surface area (TPSA) is 73.3 Å². The largest absolute Gasteiger partial charge is 0.396 e. The van der Waals surface area contributed by atoms with Crippen LogP contribution in [0.3, 0.4) is 0 Å². The first-order valence-electron chi connectivity index (χ1n) is 8.03. The first-order chi connectivity index (χ1) is 11.2. The second-order valence-corrected chi connectivity index (χ2v) is 5.72. The van der Waals surface area contributed by atoms with Crippen molar-refractivity contribution in [3.8, 4) is 0 Å². The molecular formula is C17H23N5O. The molecule has 3 N–H and O–H groups in total. The van der Waals surface area contributed by atoms with Gasteiger partial charge < -0.3 is 20.6 Å². The number of aliphatic hydroxyl groups is 1. The second-order valence-electron chi connectivity index (χ2n) is 5.72. The van der Waals surface area contributed by atoms with Gasteiger partial charge in [-0.2, -0.15) is 4.98 Å². The van der Waals surface area contributed by atoms with E-state index in [1.807, 2.05) is 37.3 Å². The molecule has 1 saturated heterocycles. The first-order valence-corrected chi connectivity index (χ1v) is 8.03. The van der Waals surface area contributed by atoms with Crippen LogP contribution in [0.5, 0.6) is 0 Å². The van der Waals surface area contributed by atoms with E-state index in [4.69, 9.17) is 5.11 Å². The van der Waals surface area contributed by atoms with Gasteiger partial charge in [0.25, 0.3) is 0 Å². The Morgan fingerprint density at radius 3 is 2.61 bits per heavy atom. The SMILES string of the molecule is Cc1cc(N2CCNCC2)nc(Nc2ccc(CCO)cc2)n1. The highest BCUT2D eigenvalue weighted by Crippen LogP contribution is 2.19. The van der Waals surface area contributed by atoms with E-state index < -0.39 is 0 Å². The summed E-state index contributed by atoms with van der Waals surface area (Å²) < 4.78 is 0. The van der Waals surface area contributed by atoms with Crippen molar-refractivity contribution in [3.63, 3.8) is 0 Å². The van der Waals surface area contributed by atoms with E-state index in [0.29, 0.717) is 12.4 Å². The van der Waals surface area contributed by atoms with Gasteiger partial charge in [0, 0.05) is 50.2 Å². The summed E-state index contributed by atoms with van der Waals surface area (Å²) in [6.45, 7) is 6.05. The Morgan fingerprint density at radius 1 is 1.17 bits per heavy atom. The molecule has 1 aromatic carbocycles. The molecule has 0 radical (unpaired) electrons. The van der Waals surface area contributed by atoms with Crippen molar-refractivity contribution in [3.05, 3.63) is 41.6 Å². The van der Waals surface area contributed by atoms with Crippen molar-refractivity contribution < 1.29 is 5.11 Å². The molecule has 1 aliphatic rings. The van der Waals surface area contributed by atoms with Crippen LogP contribution in [0.4, 0.5) is 17.5 Å². The van der Waals surface area contributed by atoms with Crippen molar-refractivity contribution >= 4 is 17.5 Å². The number of hydrogen-bond donors (Lipinski definition) is 3. The number of anilines is 3. The van der Waals surface area contributed by atoms with Gasteiger partial charge in [0.1, 0.15) is 5.82 Å². The van der Waals surface area contributed by atoms with E-state index in [1.165, 1.54) is 0 Å². The molecule has 2 heterocycles. The maximum Gasteiger partial charge on any atom is 0.229 e. The fraction of sp³-hybridized carbons (Fsp3) is 0.412. The molecular weight excluding hydrogens is 290 g/mol. The lowest BCUT2D eigenvalue weighted by Gasteiger charge is -2.28. The number of nitrogens with zero attached hydrogens (tertiary/aromatic N) is 3. The molecule has 0 atom stereocenters. The third-order valence-electron chi connectivity index (χ3n) is 3.89. The van der Waals surface area contributed by atoms with Gasteiger partial charge in [-0.3, -0.25) is 0 Å². The van der Waals surface area contributed by atoms with Gasteiger partial charge in [-0.25, -0.2) is 4.98 Å². The lowest BCUT2D eigenvalue weighted by molar-refractivity contribution is 0.299. The Hall–Kier alpha value is -2.18. The van der Waals surface area contributed by atoms with Crippen molar-refractivity contribution in [2.24, 2.45) is 0 Å². The zero-order valence-electron chi connectivity index (χ0n) is 13.4. The molecule has 0 amide bonds. The molecule has 0 spiro atoms. The molecule has 2 aromatic rings. The number of piperazine rings is 1. The molecule has 0 bridgehead atoms. The third-order valence-corrected chi connectivity index (χ3v) is 3.89. The Balaban J connectivity index is 1.75. The van der Waals surface area contributed by atoms with Gasteiger partial charge in [0.05, 0.1) is 0 Å². The van der Waals surface area contributed by atoms with Crippen LogP contribution in [-0.2, 0) is 6.42 Å². The van der Waals surface area contributed by atoms with Crippen molar-refractivity contribution in [1.29, 1.82) is 0 Å². The molecule has 6 nitrogen and oxygen atoms in total. The van der Waals surface area contributed by atoms with Crippen LogP contribution in [0.1, 0.15) is 11.3 Å². The molecule has 3 rings (SSSR count). The average Bonchev–Trinajstić information content (AvgIpc) is 2.57. The minimum atomic E-state index is 0.168. The zero-order valence-corrected chi connectivity index (χ0v) is 13.4. The molecule has 1 aromatic heterocycles. The van der Waals surface area contributed by atoms with Crippen LogP contribution < -0.4 is 15.5 Å². The summed E-state index contributed by atoms with van der Waals surface area (Å²) in [5.74, 6) is 1.59. The van der Waals surface area contributed by atoms with Gasteiger partial charge in [-0.05, 0) is 31.0 Å². The zero-order chi connectivity index (χ0) is 16.1. The fourth-order valence-corrected chi connectivity index (χ4v) is 2.68. The summed E-state index contributed by atoms with van der Waals surface area (Å²) in [5, 5.41) is 15.6. The number of aryl methyl sites for hydroxylation is 1. The number of aliphatic hydroxyl groups excluding tert-OH is 1. The molecule has 0 aliphatic carbocycles. The second kappa shape index (κ2) is 7.39. The summed E-state index contributed by atoms with van der Waals surface area (Å²) in [6, 6.07) is 10.0. The summed E-state index contributed by atoms with van der Waals surface area (Å²) >= 11 is 0. The van der Waals surface area contributed by atoms with Gasteiger partial charge in [-0.15, -0.1) is 0 Å². The van der Waals surface area contributed by atoms with Crippen LogP contribution in [0.2, 0.25) is 0 Å². The average molecular weight is 313 g/mol. The standard InChI is InChI=1S/C17H23N5O/c1-13-12-16(22-9-7-18-8-10-22)21-17(19-13)20-15-4-2-14(3-5-15)6-11-23/h2-5,12,18,23H,6-11H2,1H3,(H,19,20,21). The smallest absolute Gasteiger partial charge is 0.229 e. The first kappa shape index (κ1) is 15.7. The highest BCUT2D eigenvalue weighted by atomic mass is 16.2. The predicted octanol–water partition coefficient (Wildman–Crippen LogP) is 1.47. The molecule has 6 heteroatoms. The Labute approximate surface area is 136 Å². The Morgan fingerprint density at radius 2 is 1.91 bits per heavy atom. The quantitative estimate of drug-likeness (QED) is 0.776. The monoisotopic (exact) mass is 313 g/mol. The normalized spacial score (nSPS) is 14.8. The molecule has 0 saturated carbocycles. The maximum absolute atomic E-state index is 8.96. The predicted molar refractivity (Wildman–Crippen MR) is 92.4 cm³/mol. The van der Waals surface area contributed by atoms with Crippen LogP contribution in [-0.4, -0.2) is 47.9 Å². The summed E-state index contributed by atoms with van der Waals surface area (Å²) in [5.41, 5.74) is 3.02. The van der Waals surface area contributed by atoms with E-state index in [1.54, 1.807) is 0 Å². The van der Waals surface area contributed by atoms with Crippen LogP contribution >= 0.6 is 0 Å². The van der Waals surface area contributed by atoms with Gasteiger partial charge in [0.2, 0.25) is 5.95 Å². The molecule has 0 unspecified atom stereocenters. The van der Waals surface area contributed by atoms with E-state index in [-0.39, 0.29) is 6.61 Å². The minimum absolute atomic E-state index is 0.168. The van der Waals surface area contributed by atoms with E-state index in [2.05, 4.69) is 25.5 Å². The molecule has 122 valence electrons. The Bertz CT molecular complexity index is 638. The minimum Gasteiger partial charge on any atom is -0.396 e. The van der Waals surface area contributed by atoms with Gasteiger partial charge in [0.15, 0.2) is 0 Å². The summed E-state index contributed by atoms with van der Waals surface area (Å²) in [6.07, 6.45) is 0.675. The van der Waals surface area contributed by atoms with E-state index in [9.17, 15) is 0 Å². The molecule has 1 aliphatic heterocycles. The van der Waals surface area contributed by atoms with Crippen molar-refractivity contribution in [1.82, 2.24) is 15.3 Å². The van der Waals surface area contributed by atoms with Gasteiger partial charge >= 0.3 is 0 Å². The number of hydrogen-bond acceptors (Lipinski definition) is 6. The Kier molecular flexibility index (Phi) is 5.05.